The van der Waals surface area contributed by atoms with Gasteiger partial charge in [-0.3, -0.25) is 4.79 Å². The topological polar surface area (TPSA) is 37.3 Å². The van der Waals surface area contributed by atoms with Crippen molar-refractivity contribution < 1.29 is 9.90 Å². The quantitative estimate of drug-likeness (QED) is 0.827. The van der Waals surface area contributed by atoms with E-state index < -0.39 is 5.97 Å². The molecule has 0 fully saturated rings. The van der Waals surface area contributed by atoms with Crippen LogP contribution in [0.4, 0.5) is 0 Å². The monoisotopic (exact) mass is 218 g/mol. The van der Waals surface area contributed by atoms with Gasteiger partial charge in [-0.2, -0.15) is 0 Å². The molecule has 2 nitrogen and oxygen atoms in total. The summed E-state index contributed by atoms with van der Waals surface area (Å²) >= 11 is 0. The number of benzene rings is 1. The molecule has 2 rings (SSSR count). The zero-order valence-electron chi connectivity index (χ0n) is 10.0. The van der Waals surface area contributed by atoms with Crippen LogP contribution in [0.3, 0.4) is 0 Å². The summed E-state index contributed by atoms with van der Waals surface area (Å²) in [5.74, 6) is -0.843. The first-order valence-corrected chi connectivity index (χ1v) is 5.75. The van der Waals surface area contributed by atoms with Crippen LogP contribution in [0.1, 0.15) is 44.2 Å². The molecule has 1 N–H and O–H groups in total. The van der Waals surface area contributed by atoms with Crippen molar-refractivity contribution >= 4 is 5.97 Å². The van der Waals surface area contributed by atoms with E-state index in [0.717, 1.165) is 6.42 Å². The van der Waals surface area contributed by atoms with Crippen LogP contribution >= 0.6 is 0 Å². The van der Waals surface area contributed by atoms with Crippen molar-refractivity contribution in [1.82, 2.24) is 0 Å². The summed E-state index contributed by atoms with van der Waals surface area (Å²) in [7, 11) is 0. The fourth-order valence-corrected chi connectivity index (χ4v) is 2.82. The highest BCUT2D eigenvalue weighted by atomic mass is 16.4. The molecule has 1 aliphatic rings. The summed E-state index contributed by atoms with van der Waals surface area (Å²) in [6.45, 7) is 6.20. The Morgan fingerprint density at radius 1 is 1.44 bits per heavy atom. The molecule has 0 aliphatic heterocycles. The molecular weight excluding hydrogens is 200 g/mol. The maximum absolute atomic E-state index is 11.1. The van der Waals surface area contributed by atoms with Gasteiger partial charge in [-0.15, -0.1) is 0 Å². The van der Waals surface area contributed by atoms with E-state index in [4.69, 9.17) is 5.11 Å². The molecule has 2 atom stereocenters. The van der Waals surface area contributed by atoms with Gasteiger partial charge in [0.15, 0.2) is 0 Å². The van der Waals surface area contributed by atoms with E-state index in [1.54, 1.807) is 0 Å². The van der Waals surface area contributed by atoms with Crippen LogP contribution in [-0.2, 0) is 10.2 Å². The third-order valence-electron chi connectivity index (χ3n) is 3.81. The standard InChI is InChI=1S/C14H18O2/c1-9(13(15)16)11-8-14(2,3)12-7-5-4-6-10(11)12/h4-7,9,11H,8H2,1-3H3,(H,15,16). The number of carboxylic acid groups (broad SMARTS) is 1. The largest absolute Gasteiger partial charge is 0.481 e. The van der Waals surface area contributed by atoms with Crippen molar-refractivity contribution in [1.29, 1.82) is 0 Å². The Bertz CT molecular complexity index is 420. The first kappa shape index (κ1) is 11.2. The van der Waals surface area contributed by atoms with Gasteiger partial charge in [0.05, 0.1) is 5.92 Å². The molecule has 0 bridgehead atoms. The van der Waals surface area contributed by atoms with Crippen molar-refractivity contribution in [3.8, 4) is 0 Å². The molecule has 2 unspecified atom stereocenters. The van der Waals surface area contributed by atoms with Crippen LogP contribution < -0.4 is 0 Å². The lowest BCUT2D eigenvalue weighted by Crippen LogP contribution is -2.19. The van der Waals surface area contributed by atoms with E-state index in [-0.39, 0.29) is 17.3 Å². The maximum Gasteiger partial charge on any atom is 0.306 e. The molecule has 16 heavy (non-hydrogen) atoms. The molecule has 1 aromatic carbocycles. The van der Waals surface area contributed by atoms with Gasteiger partial charge in [0, 0.05) is 0 Å². The minimum Gasteiger partial charge on any atom is -0.481 e. The van der Waals surface area contributed by atoms with Crippen molar-refractivity contribution in [2.24, 2.45) is 5.92 Å². The predicted molar refractivity (Wildman–Crippen MR) is 63.6 cm³/mol. The van der Waals surface area contributed by atoms with Gasteiger partial charge in [-0.25, -0.2) is 0 Å². The maximum atomic E-state index is 11.1. The smallest absolute Gasteiger partial charge is 0.306 e. The fourth-order valence-electron chi connectivity index (χ4n) is 2.82. The van der Waals surface area contributed by atoms with E-state index in [1.807, 2.05) is 19.1 Å². The minimum atomic E-state index is -0.697. The van der Waals surface area contributed by atoms with Gasteiger partial charge in [-0.05, 0) is 28.9 Å². The summed E-state index contributed by atoms with van der Waals surface area (Å²) in [6, 6.07) is 8.24. The van der Waals surface area contributed by atoms with E-state index >= 15 is 0 Å². The molecule has 1 aliphatic carbocycles. The van der Waals surface area contributed by atoms with Gasteiger partial charge in [0.25, 0.3) is 0 Å². The number of carbonyl (C=O) groups is 1. The first-order chi connectivity index (χ1) is 7.43. The molecule has 0 saturated carbocycles. The van der Waals surface area contributed by atoms with Crippen molar-refractivity contribution in [3.05, 3.63) is 35.4 Å². The summed E-state index contributed by atoms with van der Waals surface area (Å²) < 4.78 is 0. The zero-order valence-corrected chi connectivity index (χ0v) is 10.0. The Balaban J connectivity index is 2.44. The minimum absolute atomic E-state index is 0.102. The van der Waals surface area contributed by atoms with Crippen LogP contribution in [0.5, 0.6) is 0 Å². The molecule has 0 amide bonds. The van der Waals surface area contributed by atoms with E-state index in [0.29, 0.717) is 0 Å². The average Bonchev–Trinajstić information content (AvgIpc) is 2.51. The molecule has 1 aromatic rings. The van der Waals surface area contributed by atoms with Gasteiger partial charge >= 0.3 is 5.97 Å². The van der Waals surface area contributed by atoms with Crippen LogP contribution in [-0.4, -0.2) is 11.1 Å². The van der Waals surface area contributed by atoms with Crippen LogP contribution in [0, 0.1) is 5.92 Å². The van der Waals surface area contributed by atoms with Gasteiger partial charge < -0.3 is 5.11 Å². The molecule has 0 spiro atoms. The molecule has 0 aromatic heterocycles. The predicted octanol–water partition coefficient (Wildman–Crippen LogP) is 3.17. The number of hydrogen-bond donors (Lipinski definition) is 1. The fraction of sp³-hybridized carbons (Fsp3) is 0.500. The Morgan fingerprint density at radius 2 is 2.06 bits per heavy atom. The Labute approximate surface area is 96.3 Å². The molecule has 0 saturated heterocycles. The second-order valence-electron chi connectivity index (χ2n) is 5.41. The highest BCUT2D eigenvalue weighted by Gasteiger charge is 2.40. The molecule has 86 valence electrons. The number of carboxylic acids is 1. The number of aliphatic carboxylic acids is 1. The normalized spacial score (nSPS) is 23.8. The Kier molecular flexibility index (Phi) is 2.53. The van der Waals surface area contributed by atoms with Crippen LogP contribution in [0.15, 0.2) is 24.3 Å². The van der Waals surface area contributed by atoms with Gasteiger partial charge in [0.1, 0.15) is 0 Å². The average molecular weight is 218 g/mol. The lowest BCUT2D eigenvalue weighted by Gasteiger charge is -2.20. The van der Waals surface area contributed by atoms with E-state index in [1.165, 1.54) is 11.1 Å². The SMILES string of the molecule is CC(C(=O)O)C1CC(C)(C)c2ccccc21. The number of fused-ring (bicyclic) bond motifs is 1. The summed E-state index contributed by atoms with van der Waals surface area (Å²) in [6.07, 6.45) is 0.930. The Morgan fingerprint density at radius 3 is 2.69 bits per heavy atom. The third kappa shape index (κ3) is 1.62. The van der Waals surface area contributed by atoms with Crippen molar-refractivity contribution in [3.63, 3.8) is 0 Å². The molecular formula is C14H18O2. The van der Waals surface area contributed by atoms with Crippen molar-refractivity contribution in [2.45, 2.75) is 38.5 Å². The number of hydrogen-bond acceptors (Lipinski definition) is 1. The molecule has 0 heterocycles. The summed E-state index contributed by atoms with van der Waals surface area (Å²) in [4.78, 5) is 11.1. The molecule has 2 heteroatoms. The van der Waals surface area contributed by atoms with E-state index in [9.17, 15) is 4.79 Å². The second kappa shape index (κ2) is 3.62. The van der Waals surface area contributed by atoms with Crippen LogP contribution in [0.2, 0.25) is 0 Å². The lowest BCUT2D eigenvalue weighted by atomic mass is 9.83. The first-order valence-electron chi connectivity index (χ1n) is 5.75. The Hall–Kier alpha value is -1.31. The number of rotatable bonds is 2. The van der Waals surface area contributed by atoms with E-state index in [2.05, 4.69) is 26.0 Å². The highest BCUT2D eigenvalue weighted by Crippen LogP contribution is 2.48. The summed E-state index contributed by atoms with van der Waals surface area (Å²) in [5.41, 5.74) is 2.64. The second-order valence-corrected chi connectivity index (χ2v) is 5.41. The van der Waals surface area contributed by atoms with Gasteiger partial charge in [0.2, 0.25) is 0 Å². The lowest BCUT2D eigenvalue weighted by molar-refractivity contribution is -0.141. The zero-order chi connectivity index (χ0) is 11.9. The van der Waals surface area contributed by atoms with Crippen LogP contribution in [0.25, 0.3) is 0 Å². The van der Waals surface area contributed by atoms with Gasteiger partial charge in [-0.1, -0.05) is 45.0 Å². The molecule has 0 radical (unpaired) electrons. The third-order valence-corrected chi connectivity index (χ3v) is 3.81. The highest BCUT2D eigenvalue weighted by molar-refractivity contribution is 5.71. The summed E-state index contributed by atoms with van der Waals surface area (Å²) in [5, 5.41) is 9.14. The van der Waals surface area contributed by atoms with Crippen molar-refractivity contribution in [2.75, 3.05) is 0 Å².